The van der Waals surface area contributed by atoms with Crippen LogP contribution in [0.3, 0.4) is 0 Å². The minimum atomic E-state index is -0.878. The number of halogens is 2. The van der Waals surface area contributed by atoms with Crippen molar-refractivity contribution in [3.8, 4) is 11.1 Å². The second kappa shape index (κ2) is 10.2. The fourth-order valence-corrected chi connectivity index (χ4v) is 4.25. The quantitative estimate of drug-likeness (QED) is 0.449. The van der Waals surface area contributed by atoms with E-state index in [-0.39, 0.29) is 11.8 Å². The van der Waals surface area contributed by atoms with E-state index in [9.17, 15) is 23.2 Å². The summed E-state index contributed by atoms with van der Waals surface area (Å²) in [6, 6.07) is 14.1. The molecule has 0 saturated heterocycles. The van der Waals surface area contributed by atoms with E-state index in [0.717, 1.165) is 28.8 Å². The minimum absolute atomic E-state index is 0.109. The van der Waals surface area contributed by atoms with E-state index in [1.165, 1.54) is 18.1 Å². The monoisotopic (exact) mass is 493 g/mol. The minimum Gasteiger partial charge on any atom is -0.467 e. The van der Waals surface area contributed by atoms with E-state index in [0.29, 0.717) is 17.8 Å². The molecule has 186 valence electrons. The summed E-state index contributed by atoms with van der Waals surface area (Å²) in [4.78, 5) is 39.1. The topological polar surface area (TPSA) is 87.7 Å². The normalized spacial score (nSPS) is 13.4. The molecule has 3 aromatic carbocycles. The molecule has 2 N–H and O–H groups in total. The number of para-hydroxylation sites is 1. The highest BCUT2D eigenvalue weighted by atomic mass is 19.1. The summed E-state index contributed by atoms with van der Waals surface area (Å²) in [7, 11) is 1.31. The van der Waals surface area contributed by atoms with Crippen molar-refractivity contribution in [2.75, 3.05) is 17.7 Å². The highest BCUT2D eigenvalue weighted by molar-refractivity contribution is 6.02. The van der Waals surface area contributed by atoms with Gasteiger partial charge in [0, 0.05) is 17.8 Å². The Bertz CT molecular complexity index is 1300. The van der Waals surface area contributed by atoms with Crippen molar-refractivity contribution in [1.29, 1.82) is 0 Å². The number of esters is 1. The van der Waals surface area contributed by atoms with Gasteiger partial charge in [0.25, 0.3) is 5.91 Å². The number of nitrogens with zero attached hydrogens (tertiary/aromatic N) is 1. The second-order valence-electron chi connectivity index (χ2n) is 8.77. The van der Waals surface area contributed by atoms with E-state index in [1.54, 1.807) is 30.3 Å². The molecular formula is C27H25F2N3O4. The molecule has 0 fully saturated rings. The zero-order valence-electron chi connectivity index (χ0n) is 20.0. The third-order valence-corrected chi connectivity index (χ3v) is 6.03. The van der Waals surface area contributed by atoms with Crippen LogP contribution in [0.5, 0.6) is 0 Å². The number of fused-ring (bicyclic) bond motifs is 1. The van der Waals surface area contributed by atoms with Crippen molar-refractivity contribution in [3.63, 3.8) is 0 Å². The van der Waals surface area contributed by atoms with Crippen molar-refractivity contribution in [2.24, 2.45) is 5.92 Å². The zero-order valence-corrected chi connectivity index (χ0v) is 20.0. The van der Waals surface area contributed by atoms with E-state index < -0.39 is 35.4 Å². The van der Waals surface area contributed by atoms with Crippen LogP contribution in [0.25, 0.3) is 11.1 Å². The number of anilines is 2. The zero-order chi connectivity index (χ0) is 26.0. The fourth-order valence-electron chi connectivity index (χ4n) is 4.25. The number of benzene rings is 3. The van der Waals surface area contributed by atoms with Crippen molar-refractivity contribution < 1.29 is 27.9 Å². The Morgan fingerprint density at radius 3 is 2.19 bits per heavy atom. The van der Waals surface area contributed by atoms with Gasteiger partial charge in [0.05, 0.1) is 7.11 Å². The Balaban J connectivity index is 1.48. The van der Waals surface area contributed by atoms with Gasteiger partial charge in [-0.1, -0.05) is 44.2 Å². The molecule has 1 atom stereocenters. The van der Waals surface area contributed by atoms with Gasteiger partial charge in [-0.05, 0) is 52.9 Å². The number of ether oxygens (including phenoxy) is 1. The van der Waals surface area contributed by atoms with Crippen molar-refractivity contribution in [2.45, 2.75) is 26.4 Å². The van der Waals surface area contributed by atoms with E-state index in [1.807, 2.05) is 26.0 Å². The summed E-state index contributed by atoms with van der Waals surface area (Å²) in [5, 5.41) is 4.69. The van der Waals surface area contributed by atoms with Crippen LogP contribution in [0.1, 0.15) is 29.8 Å². The number of nitrogens with one attached hydrogen (secondary N) is 2. The molecule has 0 radical (unpaired) electrons. The number of carbonyl (C=O) groups excluding carboxylic acids is 3. The van der Waals surface area contributed by atoms with Crippen LogP contribution in [0.2, 0.25) is 0 Å². The van der Waals surface area contributed by atoms with Crippen molar-refractivity contribution in [3.05, 3.63) is 83.4 Å². The van der Waals surface area contributed by atoms with Gasteiger partial charge in [0.15, 0.2) is 0 Å². The highest BCUT2D eigenvalue weighted by Gasteiger charge is 2.38. The molecule has 0 saturated carbocycles. The predicted molar refractivity (Wildman–Crippen MR) is 131 cm³/mol. The van der Waals surface area contributed by atoms with Crippen LogP contribution in [-0.4, -0.2) is 36.0 Å². The Kier molecular flexibility index (Phi) is 7.00. The maximum atomic E-state index is 13.7. The number of hydrogen-bond donors (Lipinski definition) is 2. The van der Waals surface area contributed by atoms with Crippen LogP contribution in [-0.2, 0) is 16.1 Å². The molecule has 36 heavy (non-hydrogen) atoms. The van der Waals surface area contributed by atoms with Crippen molar-refractivity contribution in [1.82, 2.24) is 4.90 Å². The lowest BCUT2D eigenvalue weighted by Crippen LogP contribution is -2.45. The van der Waals surface area contributed by atoms with E-state index in [2.05, 4.69) is 10.6 Å². The summed E-state index contributed by atoms with van der Waals surface area (Å²) >= 11 is 0. The first-order chi connectivity index (χ1) is 17.2. The molecule has 4 rings (SSSR count). The highest BCUT2D eigenvalue weighted by Crippen LogP contribution is 2.32. The lowest BCUT2D eigenvalue weighted by molar-refractivity contribution is -0.147. The summed E-state index contributed by atoms with van der Waals surface area (Å²) in [6.45, 7) is 4.06. The Labute approximate surface area is 207 Å². The van der Waals surface area contributed by atoms with Crippen molar-refractivity contribution >= 4 is 29.3 Å². The molecule has 0 aromatic heterocycles. The average molecular weight is 494 g/mol. The van der Waals surface area contributed by atoms with Gasteiger partial charge >= 0.3 is 12.0 Å². The summed E-state index contributed by atoms with van der Waals surface area (Å²) < 4.78 is 32.4. The third-order valence-electron chi connectivity index (χ3n) is 6.03. The van der Waals surface area contributed by atoms with E-state index in [4.69, 9.17) is 4.74 Å². The molecule has 9 heteroatoms. The Morgan fingerprint density at radius 1 is 0.944 bits per heavy atom. The second-order valence-corrected chi connectivity index (χ2v) is 8.77. The largest absolute Gasteiger partial charge is 0.467 e. The number of amides is 3. The van der Waals surface area contributed by atoms with Crippen LogP contribution in [0, 0.1) is 17.6 Å². The fraction of sp³-hybridized carbons (Fsp3) is 0.222. The van der Waals surface area contributed by atoms with Crippen LogP contribution in [0.15, 0.2) is 60.7 Å². The Morgan fingerprint density at radius 2 is 1.58 bits per heavy atom. The maximum absolute atomic E-state index is 13.7. The van der Waals surface area contributed by atoms with Gasteiger partial charge < -0.3 is 20.3 Å². The number of urea groups is 1. The lowest BCUT2D eigenvalue weighted by Gasteiger charge is -2.28. The van der Waals surface area contributed by atoms with Gasteiger partial charge in [-0.25, -0.2) is 18.4 Å². The average Bonchev–Trinajstić information content (AvgIpc) is 3.17. The summed E-state index contributed by atoms with van der Waals surface area (Å²) in [6.07, 6.45) is 0. The molecule has 1 heterocycles. The van der Waals surface area contributed by atoms with Gasteiger partial charge in [-0.2, -0.15) is 0 Å². The summed E-state index contributed by atoms with van der Waals surface area (Å²) in [5.41, 5.74) is 2.81. The third kappa shape index (κ3) is 4.91. The van der Waals surface area contributed by atoms with Crippen LogP contribution < -0.4 is 10.6 Å². The summed E-state index contributed by atoms with van der Waals surface area (Å²) in [5.74, 6) is -2.54. The smallest absolute Gasteiger partial charge is 0.328 e. The molecule has 0 bridgehead atoms. The molecule has 7 nitrogen and oxygen atoms in total. The molecule has 0 spiro atoms. The molecule has 3 amide bonds. The molecular weight excluding hydrogens is 468 g/mol. The SMILES string of the molecule is COC(=O)C(C(C)C)N1Cc2ccc(-c3ccc(NC(=O)Nc4c(F)cccc4F)cc3)cc2C1=O. The maximum Gasteiger partial charge on any atom is 0.328 e. The number of carbonyl (C=O) groups is 3. The van der Waals surface area contributed by atoms with Gasteiger partial charge in [0.1, 0.15) is 23.4 Å². The first kappa shape index (κ1) is 24.8. The molecule has 3 aromatic rings. The Hall–Kier alpha value is -4.27. The van der Waals surface area contributed by atoms with E-state index >= 15 is 0 Å². The van der Waals surface area contributed by atoms with Gasteiger partial charge in [-0.3, -0.25) is 4.79 Å². The van der Waals surface area contributed by atoms with Gasteiger partial charge in [-0.15, -0.1) is 0 Å². The number of rotatable bonds is 6. The van der Waals surface area contributed by atoms with Crippen LogP contribution in [0.4, 0.5) is 25.0 Å². The standard InChI is InChI=1S/C27H25F2N3O4/c1-15(2)24(26(34)36-3)32-14-18-8-7-17(13-20(18)25(32)33)16-9-11-19(12-10-16)30-27(35)31-23-21(28)5-4-6-22(23)29/h4-13,15,24H,14H2,1-3H3,(H2,30,31,35). The molecule has 1 unspecified atom stereocenters. The number of hydrogen-bond acceptors (Lipinski definition) is 4. The number of methoxy groups -OCH3 is 1. The predicted octanol–water partition coefficient (Wildman–Crippen LogP) is 5.43. The lowest BCUT2D eigenvalue weighted by atomic mass is 10.00. The molecule has 0 aliphatic carbocycles. The first-order valence-corrected chi connectivity index (χ1v) is 11.3. The van der Waals surface area contributed by atoms with Gasteiger partial charge in [0.2, 0.25) is 0 Å². The van der Waals surface area contributed by atoms with Crippen LogP contribution >= 0.6 is 0 Å². The molecule has 1 aliphatic rings. The molecule has 1 aliphatic heterocycles. The first-order valence-electron chi connectivity index (χ1n) is 11.3.